The zero-order valence-electron chi connectivity index (χ0n) is 18.3. The molecule has 2 aromatic heterocycles. The van der Waals surface area contributed by atoms with Crippen molar-refractivity contribution < 1.29 is 4.74 Å². The molecular formula is C25H26N6O. The fourth-order valence-corrected chi connectivity index (χ4v) is 3.82. The van der Waals surface area contributed by atoms with E-state index in [9.17, 15) is 0 Å². The van der Waals surface area contributed by atoms with Gasteiger partial charge in [-0.25, -0.2) is 4.98 Å². The van der Waals surface area contributed by atoms with Gasteiger partial charge < -0.3 is 9.64 Å². The second-order valence-electron chi connectivity index (χ2n) is 8.05. The number of hydrogen-bond donors (Lipinski definition) is 1. The van der Waals surface area contributed by atoms with Crippen LogP contribution in [0.3, 0.4) is 0 Å². The Morgan fingerprint density at radius 1 is 0.969 bits per heavy atom. The van der Waals surface area contributed by atoms with Crippen LogP contribution in [0.2, 0.25) is 0 Å². The molecule has 0 amide bonds. The number of hydrazone groups is 1. The van der Waals surface area contributed by atoms with Gasteiger partial charge in [-0.15, -0.1) is 0 Å². The van der Waals surface area contributed by atoms with E-state index in [1.54, 1.807) is 6.21 Å². The summed E-state index contributed by atoms with van der Waals surface area (Å²) < 4.78 is 7.46. The molecule has 1 fully saturated rings. The number of aryl methyl sites for hydroxylation is 2. The molecule has 0 spiro atoms. The van der Waals surface area contributed by atoms with E-state index in [0.29, 0.717) is 19.0 Å². The minimum absolute atomic E-state index is 0.679. The summed E-state index contributed by atoms with van der Waals surface area (Å²) in [6.07, 6.45) is 1.81. The smallest absolute Gasteiger partial charge is 0.160 e. The van der Waals surface area contributed by atoms with Crippen LogP contribution >= 0.6 is 0 Å². The molecule has 7 heteroatoms. The number of morpholine rings is 1. The Labute approximate surface area is 187 Å². The molecule has 162 valence electrons. The van der Waals surface area contributed by atoms with Crippen molar-refractivity contribution in [1.29, 1.82) is 0 Å². The number of benzene rings is 2. The third-order valence-electron chi connectivity index (χ3n) is 5.53. The number of fused-ring (bicyclic) bond motifs is 1. The molecule has 0 saturated carbocycles. The number of ether oxygens (including phenoxy) is 1. The highest BCUT2D eigenvalue weighted by Crippen LogP contribution is 2.26. The highest BCUT2D eigenvalue weighted by Gasteiger charge is 2.18. The van der Waals surface area contributed by atoms with Gasteiger partial charge in [0.25, 0.3) is 0 Å². The van der Waals surface area contributed by atoms with Crippen molar-refractivity contribution in [2.24, 2.45) is 5.10 Å². The van der Waals surface area contributed by atoms with Gasteiger partial charge in [0.2, 0.25) is 0 Å². The Bertz CT molecular complexity index is 1260. The number of anilines is 2. The normalized spacial score (nSPS) is 14.4. The Hall–Kier alpha value is -3.71. The molecule has 7 nitrogen and oxygen atoms in total. The second kappa shape index (κ2) is 8.80. The third kappa shape index (κ3) is 4.33. The molecule has 2 aromatic carbocycles. The van der Waals surface area contributed by atoms with Gasteiger partial charge in [0.1, 0.15) is 5.82 Å². The van der Waals surface area contributed by atoms with Crippen molar-refractivity contribution in [2.45, 2.75) is 13.8 Å². The molecular weight excluding hydrogens is 400 g/mol. The molecule has 0 bridgehead atoms. The van der Waals surface area contributed by atoms with E-state index in [-0.39, 0.29) is 0 Å². The monoisotopic (exact) mass is 426 g/mol. The summed E-state index contributed by atoms with van der Waals surface area (Å²) in [5.41, 5.74) is 9.31. The predicted molar refractivity (Wildman–Crippen MR) is 129 cm³/mol. The third-order valence-corrected chi connectivity index (χ3v) is 5.53. The first kappa shape index (κ1) is 20.2. The van der Waals surface area contributed by atoms with Gasteiger partial charge >= 0.3 is 0 Å². The molecule has 0 unspecified atom stereocenters. The van der Waals surface area contributed by atoms with E-state index in [1.807, 2.05) is 28.8 Å². The van der Waals surface area contributed by atoms with Crippen molar-refractivity contribution >= 4 is 23.5 Å². The van der Waals surface area contributed by atoms with Crippen LogP contribution in [-0.4, -0.2) is 47.1 Å². The molecule has 4 aromatic rings. The summed E-state index contributed by atoms with van der Waals surface area (Å²) in [4.78, 5) is 7.04. The average Bonchev–Trinajstić information content (AvgIpc) is 3.24. The number of hydrogen-bond acceptors (Lipinski definition) is 6. The van der Waals surface area contributed by atoms with Crippen LogP contribution < -0.4 is 10.3 Å². The lowest BCUT2D eigenvalue weighted by molar-refractivity contribution is 0.122. The van der Waals surface area contributed by atoms with E-state index in [4.69, 9.17) is 14.8 Å². The maximum atomic E-state index is 5.55. The first-order valence-electron chi connectivity index (χ1n) is 10.8. The lowest BCUT2D eigenvalue weighted by Gasteiger charge is -2.29. The molecule has 1 N–H and O–H groups in total. The number of aromatic nitrogens is 3. The Kier molecular flexibility index (Phi) is 5.56. The van der Waals surface area contributed by atoms with Crippen molar-refractivity contribution in [2.75, 3.05) is 36.6 Å². The Balaban J connectivity index is 1.50. The number of rotatable bonds is 5. The number of nitrogens with zero attached hydrogens (tertiary/aromatic N) is 5. The largest absolute Gasteiger partial charge is 0.378 e. The van der Waals surface area contributed by atoms with Crippen LogP contribution in [0.1, 0.15) is 16.7 Å². The Morgan fingerprint density at radius 3 is 2.56 bits per heavy atom. The SMILES string of the molecule is Cc1ccc(-c2cc3nc(NN=Cc4cccc(C)c4)cc(N4CCOCC4)n3n2)cc1. The molecule has 1 aliphatic rings. The minimum atomic E-state index is 0.679. The topological polar surface area (TPSA) is 67.0 Å². The van der Waals surface area contributed by atoms with Crippen LogP contribution in [0.15, 0.2) is 65.8 Å². The first-order valence-corrected chi connectivity index (χ1v) is 10.8. The quantitative estimate of drug-likeness (QED) is 0.381. The Morgan fingerprint density at radius 2 is 1.78 bits per heavy atom. The second-order valence-corrected chi connectivity index (χ2v) is 8.05. The van der Waals surface area contributed by atoms with Crippen molar-refractivity contribution in [3.8, 4) is 11.3 Å². The van der Waals surface area contributed by atoms with Crippen molar-refractivity contribution in [3.05, 3.63) is 77.4 Å². The van der Waals surface area contributed by atoms with E-state index >= 15 is 0 Å². The first-order chi connectivity index (χ1) is 15.7. The van der Waals surface area contributed by atoms with Gasteiger partial charge in [0.05, 0.1) is 25.1 Å². The minimum Gasteiger partial charge on any atom is -0.378 e. The van der Waals surface area contributed by atoms with Crippen molar-refractivity contribution in [3.63, 3.8) is 0 Å². The molecule has 1 aliphatic heterocycles. The van der Waals surface area contributed by atoms with Gasteiger partial charge in [-0.3, -0.25) is 5.43 Å². The number of nitrogens with one attached hydrogen (secondary N) is 1. The maximum Gasteiger partial charge on any atom is 0.160 e. The molecule has 5 rings (SSSR count). The fourth-order valence-electron chi connectivity index (χ4n) is 3.82. The molecule has 3 heterocycles. The summed E-state index contributed by atoms with van der Waals surface area (Å²) in [5, 5.41) is 9.28. The van der Waals surface area contributed by atoms with Crippen LogP contribution in [0, 0.1) is 13.8 Å². The molecule has 0 atom stereocenters. The summed E-state index contributed by atoms with van der Waals surface area (Å²) in [6, 6.07) is 20.6. The lowest BCUT2D eigenvalue weighted by Crippen LogP contribution is -2.37. The standard InChI is InChI=1S/C25H26N6O/c1-18-6-8-21(9-7-18)22-15-24-27-23(28-26-17-20-5-3-4-19(2)14-20)16-25(31(24)29-22)30-10-12-32-13-11-30/h3-9,14-17H,10-13H2,1-2H3,(H,27,28). The molecule has 0 radical (unpaired) electrons. The van der Waals surface area contributed by atoms with E-state index < -0.39 is 0 Å². The fraction of sp³-hybridized carbons (Fsp3) is 0.240. The summed E-state index contributed by atoms with van der Waals surface area (Å²) in [6.45, 7) is 7.17. The average molecular weight is 427 g/mol. The summed E-state index contributed by atoms with van der Waals surface area (Å²) in [7, 11) is 0. The highest BCUT2D eigenvalue weighted by atomic mass is 16.5. The van der Waals surface area contributed by atoms with E-state index in [2.05, 4.69) is 65.7 Å². The molecule has 1 saturated heterocycles. The van der Waals surface area contributed by atoms with Crippen LogP contribution in [0.4, 0.5) is 11.6 Å². The van der Waals surface area contributed by atoms with Gasteiger partial charge in [-0.05, 0) is 19.4 Å². The maximum absolute atomic E-state index is 5.55. The zero-order valence-corrected chi connectivity index (χ0v) is 18.3. The lowest BCUT2D eigenvalue weighted by atomic mass is 10.1. The summed E-state index contributed by atoms with van der Waals surface area (Å²) in [5.74, 6) is 1.66. The molecule has 0 aliphatic carbocycles. The highest BCUT2D eigenvalue weighted by molar-refractivity contribution is 5.80. The van der Waals surface area contributed by atoms with Gasteiger partial charge in [-0.2, -0.15) is 14.7 Å². The van der Waals surface area contributed by atoms with Crippen LogP contribution in [-0.2, 0) is 4.74 Å². The van der Waals surface area contributed by atoms with Crippen LogP contribution in [0.25, 0.3) is 16.9 Å². The zero-order chi connectivity index (χ0) is 21.9. The van der Waals surface area contributed by atoms with Crippen molar-refractivity contribution in [1.82, 2.24) is 14.6 Å². The van der Waals surface area contributed by atoms with Gasteiger partial charge in [0.15, 0.2) is 11.5 Å². The summed E-state index contributed by atoms with van der Waals surface area (Å²) >= 11 is 0. The van der Waals surface area contributed by atoms with Gasteiger partial charge in [-0.1, -0.05) is 59.7 Å². The van der Waals surface area contributed by atoms with Crippen LogP contribution in [0.5, 0.6) is 0 Å². The van der Waals surface area contributed by atoms with E-state index in [1.165, 1.54) is 11.1 Å². The molecule has 32 heavy (non-hydrogen) atoms. The van der Waals surface area contributed by atoms with E-state index in [0.717, 1.165) is 41.4 Å². The predicted octanol–water partition coefficient (Wildman–Crippen LogP) is 4.30. The van der Waals surface area contributed by atoms with Gasteiger partial charge in [0, 0.05) is 30.8 Å².